The molecule has 0 bridgehead atoms. The lowest BCUT2D eigenvalue weighted by Crippen LogP contribution is -2.51. The largest absolute Gasteiger partial charge is 0.484 e. The average Bonchev–Trinajstić information content (AvgIpc) is 2.00. The van der Waals surface area contributed by atoms with Gasteiger partial charge in [-0.25, -0.2) is 0 Å². The first kappa shape index (κ1) is 9.36. The minimum absolute atomic E-state index is 0.0908. The van der Waals surface area contributed by atoms with Crippen molar-refractivity contribution in [2.75, 3.05) is 18.0 Å². The third kappa shape index (κ3) is 1.69. The Morgan fingerprint density at radius 2 is 1.79 bits per heavy atom. The van der Waals surface area contributed by atoms with Gasteiger partial charge in [0.15, 0.2) is 0 Å². The van der Waals surface area contributed by atoms with E-state index < -0.39 is 12.8 Å². The van der Waals surface area contributed by atoms with Crippen molar-refractivity contribution in [2.24, 2.45) is 0 Å². The van der Waals surface area contributed by atoms with Gasteiger partial charge in [0.25, 0.3) is 0 Å². The molecule has 1 saturated heterocycles. The first-order valence-corrected chi connectivity index (χ1v) is 4.42. The maximum Gasteiger partial charge on any atom is 0.484 e. The Hall–Kier alpha value is -1.20. The second-order valence-corrected chi connectivity index (χ2v) is 3.50. The van der Waals surface area contributed by atoms with Crippen molar-refractivity contribution in [3.8, 4) is 0 Å². The molecule has 2 nitrogen and oxygen atoms in total. The number of pyridine rings is 1. The highest BCUT2D eigenvalue weighted by Crippen LogP contribution is 2.37. The summed E-state index contributed by atoms with van der Waals surface area (Å²) in [6.45, 7) is -4.48. The van der Waals surface area contributed by atoms with Gasteiger partial charge in [-0.3, -0.25) is 4.98 Å². The number of halogens is 3. The molecule has 6 heteroatoms. The van der Waals surface area contributed by atoms with E-state index in [-0.39, 0.29) is 13.1 Å². The fourth-order valence-electron chi connectivity index (χ4n) is 1.52. The van der Waals surface area contributed by atoms with Gasteiger partial charge < -0.3 is 17.8 Å². The van der Waals surface area contributed by atoms with Gasteiger partial charge in [-0.1, -0.05) is 0 Å². The summed E-state index contributed by atoms with van der Waals surface area (Å²) in [6.07, 6.45) is 3.17. The molecule has 14 heavy (non-hydrogen) atoms. The lowest BCUT2D eigenvalue weighted by Gasteiger charge is -2.46. The maximum absolute atomic E-state index is 12.2. The van der Waals surface area contributed by atoms with Crippen molar-refractivity contribution in [3.63, 3.8) is 0 Å². The van der Waals surface area contributed by atoms with Gasteiger partial charge in [0.05, 0.1) is 0 Å². The maximum atomic E-state index is 12.2. The van der Waals surface area contributed by atoms with Crippen LogP contribution >= 0.6 is 0 Å². The van der Waals surface area contributed by atoms with Gasteiger partial charge in [0, 0.05) is 18.1 Å². The first-order valence-electron chi connectivity index (χ1n) is 4.42. The number of hydrogen-bond donors (Lipinski definition) is 0. The number of nitrogens with zero attached hydrogens (tertiary/aromatic N) is 2. The molecule has 0 spiro atoms. The van der Waals surface area contributed by atoms with Gasteiger partial charge >= 0.3 is 6.98 Å². The summed E-state index contributed by atoms with van der Waals surface area (Å²) < 4.78 is 36.6. The standard InChI is InChI=1S/C8H9BF3N2/c10-9(11,12)7-5-14(6-7)8-1-3-13-4-2-8/h1-4,7H,5-6H2/q-1. The van der Waals surface area contributed by atoms with E-state index in [1.54, 1.807) is 29.4 Å². The van der Waals surface area contributed by atoms with Gasteiger partial charge in [0.2, 0.25) is 0 Å². The molecule has 0 saturated carbocycles. The Bertz CT molecular complexity index is 308. The molecule has 0 N–H and O–H groups in total. The minimum Gasteiger partial charge on any atom is -0.449 e. The van der Waals surface area contributed by atoms with Crippen molar-refractivity contribution < 1.29 is 12.9 Å². The average molecular weight is 201 g/mol. The van der Waals surface area contributed by atoms with E-state index in [4.69, 9.17) is 0 Å². The van der Waals surface area contributed by atoms with Gasteiger partial charge in [-0.05, 0) is 31.0 Å². The number of aromatic nitrogens is 1. The highest BCUT2D eigenvalue weighted by atomic mass is 19.4. The third-order valence-corrected chi connectivity index (χ3v) is 2.47. The van der Waals surface area contributed by atoms with Gasteiger partial charge in [-0.15, -0.1) is 0 Å². The Morgan fingerprint density at radius 1 is 1.21 bits per heavy atom. The number of hydrogen-bond acceptors (Lipinski definition) is 2. The highest BCUT2D eigenvalue weighted by molar-refractivity contribution is 6.60. The lowest BCUT2D eigenvalue weighted by molar-refractivity contribution is 0.398. The molecule has 1 aliphatic heterocycles. The summed E-state index contributed by atoms with van der Waals surface area (Å²) in [7, 11) is 0. The van der Waals surface area contributed by atoms with Crippen LogP contribution in [-0.2, 0) is 0 Å². The lowest BCUT2D eigenvalue weighted by atomic mass is 9.68. The summed E-state index contributed by atoms with van der Waals surface area (Å²) >= 11 is 0. The summed E-state index contributed by atoms with van der Waals surface area (Å²) in [6, 6.07) is 3.44. The van der Waals surface area contributed by atoms with Crippen LogP contribution in [0, 0.1) is 0 Å². The van der Waals surface area contributed by atoms with Crippen molar-refractivity contribution in [2.45, 2.75) is 5.82 Å². The molecule has 1 aromatic heterocycles. The Kier molecular flexibility index (Phi) is 2.13. The molecule has 0 unspecified atom stereocenters. The fourth-order valence-corrected chi connectivity index (χ4v) is 1.52. The second kappa shape index (κ2) is 3.18. The van der Waals surface area contributed by atoms with Crippen LogP contribution in [0.1, 0.15) is 0 Å². The van der Waals surface area contributed by atoms with Gasteiger partial charge in [-0.2, -0.15) is 0 Å². The molecule has 0 amide bonds. The molecule has 0 aliphatic carbocycles. The molecular formula is C8H9BF3N2-. The third-order valence-electron chi connectivity index (χ3n) is 2.47. The SMILES string of the molecule is F[B-](F)(F)C1CN(c2ccncc2)C1. The van der Waals surface area contributed by atoms with Gasteiger partial charge in [0.1, 0.15) is 0 Å². The van der Waals surface area contributed by atoms with Crippen molar-refractivity contribution in [1.82, 2.24) is 4.98 Å². The summed E-state index contributed by atoms with van der Waals surface area (Å²) in [5.41, 5.74) is 0.816. The molecule has 2 rings (SSSR count). The quantitative estimate of drug-likeness (QED) is 0.681. The topological polar surface area (TPSA) is 16.1 Å². The molecule has 0 atom stereocenters. The zero-order chi connectivity index (χ0) is 10.2. The van der Waals surface area contributed by atoms with E-state index in [1.165, 1.54) is 0 Å². The van der Waals surface area contributed by atoms with Crippen LogP contribution in [-0.4, -0.2) is 25.1 Å². The monoisotopic (exact) mass is 201 g/mol. The minimum atomic E-state index is -4.66. The van der Waals surface area contributed by atoms with E-state index >= 15 is 0 Å². The van der Waals surface area contributed by atoms with E-state index in [0.717, 1.165) is 5.69 Å². The molecular weight excluding hydrogens is 192 g/mol. The highest BCUT2D eigenvalue weighted by Gasteiger charge is 2.42. The Morgan fingerprint density at radius 3 is 2.29 bits per heavy atom. The summed E-state index contributed by atoms with van der Waals surface area (Å²) in [5.74, 6) is -1.11. The van der Waals surface area contributed by atoms with E-state index in [0.29, 0.717) is 0 Å². The Balaban J connectivity index is 1.96. The number of rotatable bonds is 2. The van der Waals surface area contributed by atoms with Crippen LogP contribution in [0.5, 0.6) is 0 Å². The smallest absolute Gasteiger partial charge is 0.449 e. The molecule has 1 aromatic rings. The van der Waals surface area contributed by atoms with Crippen LogP contribution in [0.15, 0.2) is 24.5 Å². The van der Waals surface area contributed by atoms with Crippen LogP contribution in [0.25, 0.3) is 0 Å². The second-order valence-electron chi connectivity index (χ2n) is 3.50. The Labute approximate surface area is 79.8 Å². The zero-order valence-electron chi connectivity index (χ0n) is 7.41. The molecule has 0 radical (unpaired) electrons. The molecule has 1 aliphatic rings. The van der Waals surface area contributed by atoms with Crippen LogP contribution in [0.4, 0.5) is 18.6 Å². The van der Waals surface area contributed by atoms with Crippen LogP contribution < -0.4 is 4.90 Å². The predicted octanol–water partition coefficient (Wildman–Crippen LogP) is 2.12. The zero-order valence-corrected chi connectivity index (χ0v) is 7.41. The van der Waals surface area contributed by atoms with E-state index in [2.05, 4.69) is 4.98 Å². The van der Waals surface area contributed by atoms with Crippen LogP contribution in [0.3, 0.4) is 0 Å². The number of anilines is 1. The molecule has 76 valence electrons. The van der Waals surface area contributed by atoms with Crippen LogP contribution in [0.2, 0.25) is 5.82 Å². The summed E-state index contributed by atoms with van der Waals surface area (Å²) in [4.78, 5) is 5.52. The first-order chi connectivity index (χ1) is 6.57. The van der Waals surface area contributed by atoms with E-state index in [1.807, 2.05) is 0 Å². The molecule has 0 aromatic carbocycles. The molecule has 1 fully saturated rings. The van der Waals surface area contributed by atoms with Crippen molar-refractivity contribution >= 4 is 12.7 Å². The fraction of sp³-hybridized carbons (Fsp3) is 0.375. The predicted molar refractivity (Wildman–Crippen MR) is 49.3 cm³/mol. The summed E-state index contributed by atoms with van der Waals surface area (Å²) in [5, 5.41) is 0. The normalized spacial score (nSPS) is 18.1. The van der Waals surface area contributed by atoms with Crippen molar-refractivity contribution in [3.05, 3.63) is 24.5 Å². The molecule has 2 heterocycles. The van der Waals surface area contributed by atoms with Crippen molar-refractivity contribution in [1.29, 1.82) is 0 Å². The van der Waals surface area contributed by atoms with E-state index in [9.17, 15) is 12.9 Å².